The number of amides is 1. The third kappa shape index (κ3) is 3.74. The number of rotatable bonds is 5. The van der Waals surface area contributed by atoms with E-state index < -0.39 is 5.97 Å². The lowest BCUT2D eigenvalue weighted by Crippen LogP contribution is -2.42. The summed E-state index contributed by atoms with van der Waals surface area (Å²) in [6.45, 7) is -0.226. The van der Waals surface area contributed by atoms with Crippen molar-refractivity contribution < 1.29 is 14.7 Å². The third-order valence-corrected chi connectivity index (χ3v) is 3.94. The summed E-state index contributed by atoms with van der Waals surface area (Å²) >= 11 is 0. The smallest absolute Gasteiger partial charge is 0.323 e. The summed E-state index contributed by atoms with van der Waals surface area (Å²) in [7, 11) is 3.82. The lowest BCUT2D eigenvalue weighted by Gasteiger charge is -2.27. The van der Waals surface area contributed by atoms with Gasteiger partial charge in [0.15, 0.2) is 0 Å². The van der Waals surface area contributed by atoms with E-state index in [2.05, 4.69) is 0 Å². The fraction of sp³-hybridized carbons (Fsp3) is 0.500. The molecule has 21 heavy (non-hydrogen) atoms. The first-order chi connectivity index (χ1) is 9.99. The van der Waals surface area contributed by atoms with E-state index >= 15 is 0 Å². The van der Waals surface area contributed by atoms with E-state index in [-0.39, 0.29) is 18.5 Å². The van der Waals surface area contributed by atoms with Gasteiger partial charge in [-0.15, -0.1) is 0 Å². The maximum Gasteiger partial charge on any atom is 0.323 e. The maximum absolute atomic E-state index is 12.7. The molecule has 0 aromatic heterocycles. The predicted molar refractivity (Wildman–Crippen MR) is 81.7 cm³/mol. The number of carbonyl (C=O) groups is 2. The molecule has 1 aliphatic rings. The van der Waals surface area contributed by atoms with Crippen LogP contribution in [0.3, 0.4) is 0 Å². The van der Waals surface area contributed by atoms with Crippen LogP contribution in [0.15, 0.2) is 24.3 Å². The van der Waals surface area contributed by atoms with Gasteiger partial charge in [0.25, 0.3) is 5.91 Å². The zero-order chi connectivity index (χ0) is 15.4. The number of hydrogen-bond donors (Lipinski definition) is 1. The number of aliphatic carboxylic acids is 1. The van der Waals surface area contributed by atoms with Gasteiger partial charge in [-0.2, -0.15) is 0 Å². The molecule has 1 aromatic carbocycles. The summed E-state index contributed by atoms with van der Waals surface area (Å²) in [5.74, 6) is -1.15. The number of carboxylic acid groups (broad SMARTS) is 1. The van der Waals surface area contributed by atoms with Gasteiger partial charge in [-0.3, -0.25) is 9.59 Å². The number of carboxylic acids is 1. The molecule has 1 aromatic rings. The molecule has 2 rings (SSSR count). The van der Waals surface area contributed by atoms with Gasteiger partial charge in [0.1, 0.15) is 6.54 Å². The molecule has 1 saturated carbocycles. The molecule has 5 nitrogen and oxygen atoms in total. The van der Waals surface area contributed by atoms with E-state index in [1.807, 2.05) is 37.2 Å². The van der Waals surface area contributed by atoms with Crippen molar-refractivity contribution in [3.8, 4) is 0 Å². The molecule has 1 amide bonds. The molecule has 1 N–H and O–H groups in total. The van der Waals surface area contributed by atoms with Crippen molar-refractivity contribution in [1.29, 1.82) is 0 Å². The number of benzene rings is 1. The molecule has 0 unspecified atom stereocenters. The van der Waals surface area contributed by atoms with E-state index in [1.54, 1.807) is 6.07 Å². The minimum absolute atomic E-state index is 0.0524. The Bertz CT molecular complexity index is 522. The Morgan fingerprint density at radius 1 is 1.24 bits per heavy atom. The summed E-state index contributed by atoms with van der Waals surface area (Å²) in [4.78, 5) is 27.2. The summed E-state index contributed by atoms with van der Waals surface area (Å²) in [6.07, 6.45) is 3.91. The lowest BCUT2D eigenvalue weighted by molar-refractivity contribution is -0.138. The molecule has 0 aliphatic heterocycles. The Balaban J connectivity index is 2.24. The van der Waals surface area contributed by atoms with Crippen LogP contribution in [-0.2, 0) is 4.79 Å². The topological polar surface area (TPSA) is 60.9 Å². The second-order valence-corrected chi connectivity index (χ2v) is 5.71. The quantitative estimate of drug-likeness (QED) is 0.903. The van der Waals surface area contributed by atoms with Gasteiger partial charge in [-0.1, -0.05) is 18.9 Å². The first kappa shape index (κ1) is 15.4. The fourth-order valence-corrected chi connectivity index (χ4v) is 2.81. The molecule has 5 heteroatoms. The average molecular weight is 290 g/mol. The molecule has 114 valence electrons. The number of nitrogens with zero attached hydrogens (tertiary/aromatic N) is 2. The number of hydrogen-bond acceptors (Lipinski definition) is 3. The monoisotopic (exact) mass is 290 g/mol. The van der Waals surface area contributed by atoms with E-state index in [0.717, 1.165) is 31.4 Å². The van der Waals surface area contributed by atoms with Crippen molar-refractivity contribution >= 4 is 17.6 Å². The van der Waals surface area contributed by atoms with Crippen LogP contribution >= 0.6 is 0 Å². The summed E-state index contributed by atoms with van der Waals surface area (Å²) in [5, 5.41) is 9.08. The van der Waals surface area contributed by atoms with Gasteiger partial charge in [-0.25, -0.2) is 0 Å². The van der Waals surface area contributed by atoms with Gasteiger partial charge in [0.05, 0.1) is 0 Å². The van der Waals surface area contributed by atoms with Crippen LogP contribution in [0.5, 0.6) is 0 Å². The summed E-state index contributed by atoms with van der Waals surface area (Å²) < 4.78 is 0. The highest BCUT2D eigenvalue weighted by Crippen LogP contribution is 2.25. The summed E-state index contributed by atoms with van der Waals surface area (Å²) in [5.41, 5.74) is 1.48. The van der Waals surface area contributed by atoms with Crippen LogP contribution in [-0.4, -0.2) is 48.6 Å². The molecule has 0 heterocycles. The summed E-state index contributed by atoms with van der Waals surface area (Å²) in [6, 6.07) is 7.37. The van der Waals surface area contributed by atoms with Crippen LogP contribution in [0, 0.1) is 0 Å². The van der Waals surface area contributed by atoms with Gasteiger partial charge < -0.3 is 14.9 Å². The molecule has 0 saturated heterocycles. The highest BCUT2D eigenvalue weighted by Gasteiger charge is 2.29. The highest BCUT2D eigenvalue weighted by atomic mass is 16.4. The Morgan fingerprint density at radius 3 is 2.48 bits per heavy atom. The predicted octanol–water partition coefficient (Wildman–Crippen LogP) is 2.22. The van der Waals surface area contributed by atoms with Crippen molar-refractivity contribution in [1.82, 2.24) is 4.90 Å². The zero-order valence-electron chi connectivity index (χ0n) is 12.6. The van der Waals surface area contributed by atoms with Crippen molar-refractivity contribution in [3.63, 3.8) is 0 Å². The first-order valence-electron chi connectivity index (χ1n) is 7.29. The zero-order valence-corrected chi connectivity index (χ0v) is 12.6. The second kappa shape index (κ2) is 6.61. The van der Waals surface area contributed by atoms with Crippen molar-refractivity contribution in [2.45, 2.75) is 31.7 Å². The minimum Gasteiger partial charge on any atom is -0.480 e. The third-order valence-electron chi connectivity index (χ3n) is 3.94. The maximum atomic E-state index is 12.7. The van der Waals surface area contributed by atoms with Crippen molar-refractivity contribution in [2.75, 3.05) is 25.5 Å². The Kier molecular flexibility index (Phi) is 4.83. The van der Waals surface area contributed by atoms with Crippen molar-refractivity contribution in [3.05, 3.63) is 29.8 Å². The van der Waals surface area contributed by atoms with E-state index in [0.29, 0.717) is 5.56 Å². The minimum atomic E-state index is -0.959. The SMILES string of the molecule is CN(C)c1cccc(C(=O)N(CC(=O)O)C2CCCC2)c1. The lowest BCUT2D eigenvalue weighted by atomic mass is 10.1. The molecular weight excluding hydrogens is 268 g/mol. The van der Waals surface area contributed by atoms with Crippen molar-refractivity contribution in [2.24, 2.45) is 0 Å². The Labute approximate surface area is 125 Å². The van der Waals surface area contributed by atoms with Crippen LogP contribution < -0.4 is 4.90 Å². The molecule has 0 spiro atoms. The Hall–Kier alpha value is -2.04. The second-order valence-electron chi connectivity index (χ2n) is 5.71. The highest BCUT2D eigenvalue weighted by molar-refractivity contribution is 5.97. The van der Waals surface area contributed by atoms with Crippen LogP contribution in [0.2, 0.25) is 0 Å². The van der Waals surface area contributed by atoms with Gasteiger partial charge in [0, 0.05) is 31.4 Å². The van der Waals surface area contributed by atoms with Crippen LogP contribution in [0.4, 0.5) is 5.69 Å². The average Bonchev–Trinajstić information content (AvgIpc) is 2.98. The molecule has 0 bridgehead atoms. The molecule has 0 atom stereocenters. The normalized spacial score (nSPS) is 15.0. The molecule has 1 fully saturated rings. The van der Waals surface area contributed by atoms with E-state index in [1.165, 1.54) is 4.90 Å². The first-order valence-corrected chi connectivity index (χ1v) is 7.29. The number of anilines is 1. The van der Waals surface area contributed by atoms with Crippen LogP contribution in [0.25, 0.3) is 0 Å². The van der Waals surface area contributed by atoms with Crippen LogP contribution in [0.1, 0.15) is 36.0 Å². The Morgan fingerprint density at radius 2 is 1.90 bits per heavy atom. The molecule has 0 radical (unpaired) electrons. The standard InChI is InChI=1S/C16H22N2O3/c1-17(2)14-9-5-6-12(10-14)16(21)18(11-15(19)20)13-7-3-4-8-13/h5-6,9-10,13H,3-4,7-8,11H2,1-2H3,(H,19,20). The van der Waals surface area contributed by atoms with E-state index in [9.17, 15) is 9.59 Å². The van der Waals surface area contributed by atoms with Gasteiger partial charge in [-0.05, 0) is 31.0 Å². The molecular formula is C16H22N2O3. The number of carbonyl (C=O) groups excluding carboxylic acids is 1. The fourth-order valence-electron chi connectivity index (χ4n) is 2.81. The van der Waals surface area contributed by atoms with Gasteiger partial charge >= 0.3 is 5.97 Å². The van der Waals surface area contributed by atoms with Gasteiger partial charge in [0.2, 0.25) is 0 Å². The molecule has 1 aliphatic carbocycles. The van der Waals surface area contributed by atoms with E-state index in [4.69, 9.17) is 5.11 Å². The largest absolute Gasteiger partial charge is 0.480 e.